The molecule has 2 fully saturated rings. The highest BCUT2D eigenvalue weighted by atomic mass is 16.5. The number of rotatable bonds is 5. The van der Waals surface area contributed by atoms with Crippen LogP contribution in [0.5, 0.6) is 0 Å². The number of benzene rings is 2. The summed E-state index contributed by atoms with van der Waals surface area (Å²) in [6.45, 7) is 4.99. The molecule has 2 aliphatic heterocycles. The number of ether oxygens (including phenoxy) is 1. The van der Waals surface area contributed by atoms with Gasteiger partial charge in [-0.05, 0) is 55.8 Å². The summed E-state index contributed by atoms with van der Waals surface area (Å²) < 4.78 is 5.66. The van der Waals surface area contributed by atoms with E-state index in [1.807, 2.05) is 49.8 Å². The van der Waals surface area contributed by atoms with Crippen molar-refractivity contribution >= 4 is 0 Å². The molecular weight excluding hydrogens is 420 g/mol. The van der Waals surface area contributed by atoms with Crippen molar-refractivity contribution in [3.63, 3.8) is 0 Å². The molecule has 3 heterocycles. The topological polar surface area (TPSA) is 41.5 Å². The van der Waals surface area contributed by atoms with Crippen molar-refractivity contribution in [2.75, 3.05) is 33.4 Å². The van der Waals surface area contributed by atoms with Crippen LogP contribution < -0.4 is 0 Å². The van der Waals surface area contributed by atoms with Crippen LogP contribution in [0.25, 0.3) is 0 Å². The predicted molar refractivity (Wildman–Crippen MR) is 134 cm³/mol. The largest absolute Gasteiger partial charge is 0.383 e. The van der Waals surface area contributed by atoms with Gasteiger partial charge in [0, 0.05) is 67.3 Å². The Morgan fingerprint density at radius 2 is 1.62 bits per heavy atom. The van der Waals surface area contributed by atoms with Gasteiger partial charge in [0.1, 0.15) is 6.33 Å². The van der Waals surface area contributed by atoms with Crippen LogP contribution in [-0.2, 0) is 11.3 Å². The average molecular weight is 453 g/mol. The molecule has 3 aromatic rings. The highest BCUT2D eigenvalue weighted by Gasteiger charge is 2.49. The molecule has 2 saturated heterocycles. The van der Waals surface area contributed by atoms with E-state index in [2.05, 4.69) is 55.9 Å². The second kappa shape index (κ2) is 10.9. The third-order valence-corrected chi connectivity index (χ3v) is 7.05. The first kappa shape index (κ1) is 22.7. The summed E-state index contributed by atoms with van der Waals surface area (Å²) in [4.78, 5) is 13.7. The Bertz CT molecular complexity index is 1110. The van der Waals surface area contributed by atoms with Crippen LogP contribution in [0.15, 0.2) is 73.3 Å². The third-order valence-electron chi connectivity index (χ3n) is 7.05. The van der Waals surface area contributed by atoms with Crippen molar-refractivity contribution in [3.8, 4) is 11.8 Å². The molecule has 5 rings (SSSR count). The first-order valence-corrected chi connectivity index (χ1v) is 12.2. The molecule has 0 unspecified atom stereocenters. The molecule has 5 heteroatoms. The maximum Gasteiger partial charge on any atom is 0.115 e. The molecule has 34 heavy (non-hydrogen) atoms. The van der Waals surface area contributed by atoms with Gasteiger partial charge in [-0.3, -0.25) is 9.80 Å². The number of aromatic nitrogens is 2. The van der Waals surface area contributed by atoms with E-state index in [-0.39, 0.29) is 0 Å². The molecule has 0 amide bonds. The number of hydrogen-bond acceptors (Lipinski definition) is 5. The van der Waals surface area contributed by atoms with E-state index in [0.717, 1.165) is 43.9 Å². The van der Waals surface area contributed by atoms with E-state index in [9.17, 15) is 0 Å². The Kier molecular flexibility index (Phi) is 7.31. The molecule has 5 nitrogen and oxygen atoms in total. The smallest absolute Gasteiger partial charge is 0.115 e. The minimum Gasteiger partial charge on any atom is -0.383 e. The van der Waals surface area contributed by atoms with Gasteiger partial charge in [0.05, 0.1) is 6.61 Å². The molecule has 0 radical (unpaired) electrons. The second-order valence-corrected chi connectivity index (χ2v) is 9.28. The fourth-order valence-corrected chi connectivity index (χ4v) is 5.43. The van der Waals surface area contributed by atoms with E-state index < -0.39 is 0 Å². The van der Waals surface area contributed by atoms with Crippen molar-refractivity contribution < 1.29 is 4.74 Å². The van der Waals surface area contributed by atoms with Gasteiger partial charge in [0.15, 0.2) is 0 Å². The lowest BCUT2D eigenvalue weighted by molar-refractivity contribution is -0.0726. The van der Waals surface area contributed by atoms with Gasteiger partial charge < -0.3 is 4.74 Å². The molecule has 174 valence electrons. The lowest BCUT2D eigenvalue weighted by atomic mass is 9.74. The summed E-state index contributed by atoms with van der Waals surface area (Å²) in [5.41, 5.74) is 4.66. The molecule has 0 aliphatic carbocycles. The van der Waals surface area contributed by atoms with Crippen LogP contribution in [0, 0.1) is 11.8 Å². The molecule has 2 aromatic carbocycles. The number of methoxy groups -OCH3 is 1. The number of hydrogen-bond donors (Lipinski definition) is 0. The molecule has 2 aliphatic rings. The van der Waals surface area contributed by atoms with Crippen molar-refractivity contribution in [1.29, 1.82) is 0 Å². The summed E-state index contributed by atoms with van der Waals surface area (Å²) in [5.74, 6) is 7.03. The van der Waals surface area contributed by atoms with Crippen molar-refractivity contribution in [1.82, 2.24) is 19.8 Å². The van der Waals surface area contributed by atoms with E-state index >= 15 is 0 Å². The molecule has 3 atom stereocenters. The fraction of sp³-hybridized carbons (Fsp3) is 0.379. The zero-order valence-electron chi connectivity index (χ0n) is 19.8. The van der Waals surface area contributed by atoms with Gasteiger partial charge >= 0.3 is 0 Å². The third kappa shape index (κ3) is 5.20. The van der Waals surface area contributed by atoms with Crippen molar-refractivity contribution in [2.45, 2.75) is 37.4 Å². The Morgan fingerprint density at radius 1 is 0.912 bits per heavy atom. The van der Waals surface area contributed by atoms with Crippen LogP contribution in [0.4, 0.5) is 0 Å². The number of fused-ring (bicyclic) bond motifs is 1. The van der Waals surface area contributed by atoms with Crippen LogP contribution in [0.2, 0.25) is 0 Å². The van der Waals surface area contributed by atoms with E-state index in [4.69, 9.17) is 4.74 Å². The quantitative estimate of drug-likeness (QED) is 0.548. The minimum absolute atomic E-state index is 0.427. The standard InChI is InChI=1S/C29H32N4O/c1-34-21-28-29(26-13-11-24(12-14-26)10-9-23-7-3-2-4-8-23)27-20-32(15-5-6-16-33(27)28)19-25-17-30-22-31-18-25/h2-4,7-8,11-14,17-18,22,27-29H,5-6,15-16,19-21H2,1H3/t27-,28-,29-/m0/s1. The van der Waals surface area contributed by atoms with Crippen LogP contribution in [0.3, 0.4) is 0 Å². The van der Waals surface area contributed by atoms with Crippen molar-refractivity contribution in [3.05, 3.63) is 95.6 Å². The normalized spacial score (nSPS) is 23.0. The van der Waals surface area contributed by atoms with Gasteiger partial charge in [-0.2, -0.15) is 0 Å². The lowest BCUT2D eigenvalue weighted by Crippen LogP contribution is -2.67. The minimum atomic E-state index is 0.427. The summed E-state index contributed by atoms with van der Waals surface area (Å²) in [6, 6.07) is 19.9. The summed E-state index contributed by atoms with van der Waals surface area (Å²) >= 11 is 0. The number of nitrogens with zero attached hydrogens (tertiary/aromatic N) is 4. The fourth-order valence-electron chi connectivity index (χ4n) is 5.43. The zero-order valence-corrected chi connectivity index (χ0v) is 19.8. The Balaban J connectivity index is 1.34. The van der Waals surface area contributed by atoms with Gasteiger partial charge in [0.2, 0.25) is 0 Å². The molecule has 0 spiro atoms. The first-order chi connectivity index (χ1) is 16.8. The zero-order chi connectivity index (χ0) is 23.2. The van der Waals surface area contributed by atoms with Gasteiger partial charge in [0.25, 0.3) is 0 Å². The maximum absolute atomic E-state index is 5.66. The predicted octanol–water partition coefficient (Wildman–Crippen LogP) is 3.96. The van der Waals surface area contributed by atoms with Gasteiger partial charge in [-0.15, -0.1) is 0 Å². The Hall–Kier alpha value is -3.04. The van der Waals surface area contributed by atoms with E-state index in [1.54, 1.807) is 6.33 Å². The molecule has 0 N–H and O–H groups in total. The SMILES string of the molecule is COC[C@H]1[C@@H](c2ccc(C#Cc3ccccc3)cc2)[C@@H]2CN(Cc3cncnc3)CCCCN12. The maximum atomic E-state index is 5.66. The van der Waals surface area contributed by atoms with Crippen molar-refractivity contribution in [2.24, 2.45) is 0 Å². The van der Waals surface area contributed by atoms with Gasteiger partial charge in [-0.25, -0.2) is 9.97 Å². The highest BCUT2D eigenvalue weighted by Crippen LogP contribution is 2.42. The molecule has 0 saturated carbocycles. The highest BCUT2D eigenvalue weighted by molar-refractivity contribution is 5.44. The van der Waals surface area contributed by atoms with Crippen LogP contribution in [-0.4, -0.2) is 65.2 Å². The molecule has 1 aromatic heterocycles. The molecule has 0 bridgehead atoms. The summed E-state index contributed by atoms with van der Waals surface area (Å²) in [5, 5.41) is 0. The second-order valence-electron chi connectivity index (χ2n) is 9.28. The molecular formula is C29H32N4O. The summed E-state index contributed by atoms with van der Waals surface area (Å²) in [7, 11) is 1.82. The summed E-state index contributed by atoms with van der Waals surface area (Å²) in [6.07, 6.45) is 7.91. The lowest BCUT2D eigenvalue weighted by Gasteiger charge is -2.57. The average Bonchev–Trinajstić information content (AvgIpc) is 2.87. The first-order valence-electron chi connectivity index (χ1n) is 12.2. The van der Waals surface area contributed by atoms with E-state index in [1.165, 1.54) is 24.0 Å². The van der Waals surface area contributed by atoms with E-state index in [0.29, 0.717) is 18.0 Å². The Labute approximate surface area is 202 Å². The van der Waals surface area contributed by atoms with Crippen LogP contribution in [0.1, 0.15) is 41.0 Å². The van der Waals surface area contributed by atoms with Gasteiger partial charge in [-0.1, -0.05) is 42.2 Å². The monoisotopic (exact) mass is 452 g/mol. The Morgan fingerprint density at radius 3 is 2.35 bits per heavy atom. The van der Waals surface area contributed by atoms with Crippen LogP contribution >= 0.6 is 0 Å².